The SMILES string of the molecule is O=C(O)N[C@@H](Cc1ccccc1)[C@H](O)CNCc1ccc2c(c1)OCO2. The number of carbonyl (C=O) groups is 1. The Hall–Kier alpha value is -2.77. The molecule has 0 bridgehead atoms. The molecule has 3 rings (SSSR count). The molecule has 2 atom stereocenters. The van der Waals surface area contributed by atoms with Crippen molar-refractivity contribution in [3.63, 3.8) is 0 Å². The highest BCUT2D eigenvalue weighted by Gasteiger charge is 2.21. The van der Waals surface area contributed by atoms with E-state index in [4.69, 9.17) is 14.6 Å². The van der Waals surface area contributed by atoms with Gasteiger partial charge in [0.2, 0.25) is 6.79 Å². The van der Waals surface area contributed by atoms with Crippen LogP contribution in [0.3, 0.4) is 0 Å². The van der Waals surface area contributed by atoms with Gasteiger partial charge >= 0.3 is 6.09 Å². The minimum atomic E-state index is -1.15. The molecule has 26 heavy (non-hydrogen) atoms. The van der Waals surface area contributed by atoms with Crippen LogP contribution in [0.1, 0.15) is 11.1 Å². The van der Waals surface area contributed by atoms with E-state index in [9.17, 15) is 9.90 Å². The molecule has 0 fully saturated rings. The van der Waals surface area contributed by atoms with Crippen LogP contribution in [0.4, 0.5) is 4.79 Å². The van der Waals surface area contributed by atoms with E-state index < -0.39 is 18.2 Å². The van der Waals surface area contributed by atoms with Crippen LogP contribution in [-0.2, 0) is 13.0 Å². The van der Waals surface area contributed by atoms with Crippen molar-refractivity contribution >= 4 is 6.09 Å². The lowest BCUT2D eigenvalue weighted by Gasteiger charge is -2.23. The first-order valence-electron chi connectivity index (χ1n) is 8.42. The zero-order chi connectivity index (χ0) is 18.4. The number of aliphatic hydroxyl groups is 1. The maximum absolute atomic E-state index is 11.0. The molecule has 2 aromatic carbocycles. The lowest BCUT2D eigenvalue weighted by atomic mass is 10.0. The fourth-order valence-electron chi connectivity index (χ4n) is 2.87. The first kappa shape index (κ1) is 18.0. The molecule has 0 aromatic heterocycles. The molecule has 7 heteroatoms. The first-order valence-corrected chi connectivity index (χ1v) is 8.42. The molecular formula is C19H22N2O5. The van der Waals surface area contributed by atoms with E-state index in [1.54, 1.807) is 0 Å². The molecule has 2 aromatic rings. The minimum absolute atomic E-state index is 0.229. The Morgan fingerprint density at radius 1 is 1.08 bits per heavy atom. The number of carboxylic acid groups (broad SMARTS) is 1. The van der Waals surface area contributed by atoms with Crippen molar-refractivity contribution in [2.45, 2.75) is 25.1 Å². The Morgan fingerprint density at radius 2 is 1.85 bits per heavy atom. The molecule has 7 nitrogen and oxygen atoms in total. The number of ether oxygens (including phenoxy) is 2. The van der Waals surface area contributed by atoms with Crippen molar-refractivity contribution in [3.8, 4) is 11.5 Å². The van der Waals surface area contributed by atoms with E-state index in [1.165, 1.54) is 0 Å². The molecule has 1 amide bonds. The number of hydrogen-bond acceptors (Lipinski definition) is 5. The summed E-state index contributed by atoms with van der Waals surface area (Å²) in [4.78, 5) is 11.0. The summed E-state index contributed by atoms with van der Waals surface area (Å²) in [5, 5.41) is 25.0. The molecule has 0 saturated carbocycles. The molecule has 138 valence electrons. The van der Waals surface area contributed by atoms with Crippen molar-refractivity contribution in [2.24, 2.45) is 0 Å². The lowest BCUT2D eigenvalue weighted by molar-refractivity contribution is 0.117. The first-order chi connectivity index (χ1) is 12.6. The molecule has 0 radical (unpaired) electrons. The quantitative estimate of drug-likeness (QED) is 0.574. The summed E-state index contributed by atoms with van der Waals surface area (Å²) in [5.41, 5.74) is 1.95. The summed E-state index contributed by atoms with van der Waals surface area (Å²) >= 11 is 0. The highest BCUT2D eigenvalue weighted by molar-refractivity contribution is 5.65. The van der Waals surface area contributed by atoms with Gasteiger partial charge in [-0.25, -0.2) is 4.79 Å². The normalized spacial score (nSPS) is 14.7. The van der Waals surface area contributed by atoms with Gasteiger partial charge in [-0.15, -0.1) is 0 Å². The number of hydrogen-bond donors (Lipinski definition) is 4. The number of amides is 1. The fraction of sp³-hybridized carbons (Fsp3) is 0.316. The van der Waals surface area contributed by atoms with Gasteiger partial charge in [-0.2, -0.15) is 0 Å². The molecule has 0 spiro atoms. The third kappa shape index (κ3) is 4.87. The van der Waals surface area contributed by atoms with E-state index in [0.29, 0.717) is 18.7 Å². The van der Waals surface area contributed by atoms with Crippen molar-refractivity contribution in [1.82, 2.24) is 10.6 Å². The van der Waals surface area contributed by atoms with Gasteiger partial charge < -0.3 is 30.3 Å². The predicted molar refractivity (Wildman–Crippen MR) is 95.4 cm³/mol. The molecule has 1 aliphatic heterocycles. The second-order valence-electron chi connectivity index (χ2n) is 6.13. The maximum atomic E-state index is 11.0. The van der Waals surface area contributed by atoms with Gasteiger partial charge in [0, 0.05) is 13.1 Å². The molecule has 4 N–H and O–H groups in total. The number of fused-ring (bicyclic) bond motifs is 1. The third-order valence-corrected chi connectivity index (χ3v) is 4.19. The van der Waals surface area contributed by atoms with Crippen LogP contribution < -0.4 is 20.1 Å². The summed E-state index contributed by atoms with van der Waals surface area (Å²) in [6, 6.07) is 14.5. The summed E-state index contributed by atoms with van der Waals surface area (Å²) in [5.74, 6) is 1.43. The molecule has 1 aliphatic rings. The predicted octanol–water partition coefficient (Wildman–Crippen LogP) is 1.74. The molecule has 0 aliphatic carbocycles. The van der Waals surface area contributed by atoms with Crippen LogP contribution in [-0.4, -0.2) is 41.8 Å². The summed E-state index contributed by atoms with van der Waals surface area (Å²) in [7, 11) is 0. The van der Waals surface area contributed by atoms with E-state index in [1.807, 2.05) is 48.5 Å². The van der Waals surface area contributed by atoms with Crippen LogP contribution in [0.2, 0.25) is 0 Å². The lowest BCUT2D eigenvalue weighted by Crippen LogP contribution is -2.48. The summed E-state index contributed by atoms with van der Waals surface area (Å²) < 4.78 is 10.6. The van der Waals surface area contributed by atoms with Crippen LogP contribution in [0.25, 0.3) is 0 Å². The highest BCUT2D eigenvalue weighted by atomic mass is 16.7. The van der Waals surface area contributed by atoms with E-state index in [0.717, 1.165) is 16.9 Å². The van der Waals surface area contributed by atoms with Gasteiger partial charge in [-0.3, -0.25) is 0 Å². The Kier molecular flexibility index (Phi) is 5.93. The van der Waals surface area contributed by atoms with Crippen LogP contribution >= 0.6 is 0 Å². The second kappa shape index (κ2) is 8.55. The smallest absolute Gasteiger partial charge is 0.404 e. The van der Waals surface area contributed by atoms with Crippen molar-refractivity contribution < 1.29 is 24.5 Å². The molecule has 0 saturated heterocycles. The zero-order valence-corrected chi connectivity index (χ0v) is 14.2. The van der Waals surface area contributed by atoms with Crippen molar-refractivity contribution in [2.75, 3.05) is 13.3 Å². The van der Waals surface area contributed by atoms with Gasteiger partial charge in [-0.1, -0.05) is 36.4 Å². The van der Waals surface area contributed by atoms with Crippen molar-refractivity contribution in [1.29, 1.82) is 0 Å². The van der Waals surface area contributed by atoms with Crippen LogP contribution in [0.5, 0.6) is 11.5 Å². The van der Waals surface area contributed by atoms with Gasteiger partial charge in [0.05, 0.1) is 12.1 Å². The van der Waals surface area contributed by atoms with E-state index >= 15 is 0 Å². The minimum Gasteiger partial charge on any atom is -0.465 e. The fourth-order valence-corrected chi connectivity index (χ4v) is 2.87. The Bertz CT molecular complexity index is 738. The van der Waals surface area contributed by atoms with Gasteiger partial charge in [0.25, 0.3) is 0 Å². The van der Waals surface area contributed by atoms with Gasteiger partial charge in [0.15, 0.2) is 11.5 Å². The number of nitrogens with one attached hydrogen (secondary N) is 2. The van der Waals surface area contributed by atoms with E-state index in [-0.39, 0.29) is 13.3 Å². The largest absolute Gasteiger partial charge is 0.465 e. The standard InChI is InChI=1S/C19H22N2O5/c22-16(15(21-19(23)24)8-13-4-2-1-3-5-13)11-20-10-14-6-7-17-18(9-14)26-12-25-17/h1-7,9,15-16,20-22H,8,10-12H2,(H,23,24)/t15-,16+/m0/s1. The molecular weight excluding hydrogens is 336 g/mol. The topological polar surface area (TPSA) is 100 Å². The number of rotatable bonds is 8. The summed E-state index contributed by atoms with van der Waals surface area (Å²) in [6.07, 6.45) is -1.60. The average molecular weight is 358 g/mol. The number of aliphatic hydroxyl groups excluding tert-OH is 1. The monoisotopic (exact) mass is 358 g/mol. The summed E-state index contributed by atoms with van der Waals surface area (Å²) in [6.45, 7) is 1.01. The average Bonchev–Trinajstić information content (AvgIpc) is 3.09. The number of benzene rings is 2. The molecule has 1 heterocycles. The highest BCUT2D eigenvalue weighted by Crippen LogP contribution is 2.32. The Morgan fingerprint density at radius 3 is 2.62 bits per heavy atom. The Labute approximate surface area is 151 Å². The van der Waals surface area contributed by atoms with Gasteiger partial charge in [0.1, 0.15) is 0 Å². The van der Waals surface area contributed by atoms with Crippen LogP contribution in [0.15, 0.2) is 48.5 Å². The maximum Gasteiger partial charge on any atom is 0.404 e. The second-order valence-corrected chi connectivity index (χ2v) is 6.13. The van der Waals surface area contributed by atoms with Crippen molar-refractivity contribution in [3.05, 3.63) is 59.7 Å². The third-order valence-electron chi connectivity index (χ3n) is 4.19. The Balaban J connectivity index is 1.53. The zero-order valence-electron chi connectivity index (χ0n) is 14.2. The van der Waals surface area contributed by atoms with Crippen LogP contribution in [0, 0.1) is 0 Å². The molecule has 0 unspecified atom stereocenters. The van der Waals surface area contributed by atoms with Gasteiger partial charge in [-0.05, 0) is 29.7 Å². The van der Waals surface area contributed by atoms with E-state index in [2.05, 4.69) is 10.6 Å².